The van der Waals surface area contributed by atoms with E-state index >= 15 is 0 Å². The molecule has 3 nitrogen and oxygen atoms in total. The average molecular weight is 300 g/mol. The standard InChI is InChI=1S/C15H19F3N2O/c1-9-6-7-11(8-10(9)2)19-14(21)12-4-3-5-13(20-12)15(16,17)18/h6-8,12-13,20H,3-5H2,1-2H3,(H,19,21). The molecule has 1 amide bonds. The summed E-state index contributed by atoms with van der Waals surface area (Å²) in [5.41, 5.74) is 2.73. The number of alkyl halides is 3. The Bertz CT molecular complexity index is 528. The molecule has 0 aliphatic carbocycles. The van der Waals surface area contributed by atoms with Crippen LogP contribution in [0.15, 0.2) is 18.2 Å². The maximum absolute atomic E-state index is 12.7. The molecular weight excluding hydrogens is 281 g/mol. The molecule has 1 aliphatic rings. The zero-order chi connectivity index (χ0) is 15.6. The van der Waals surface area contributed by atoms with E-state index in [9.17, 15) is 18.0 Å². The summed E-state index contributed by atoms with van der Waals surface area (Å²) in [6.07, 6.45) is -3.47. The van der Waals surface area contributed by atoms with E-state index in [1.807, 2.05) is 26.0 Å². The second kappa shape index (κ2) is 6.05. The van der Waals surface area contributed by atoms with E-state index in [4.69, 9.17) is 0 Å². The molecule has 1 aromatic carbocycles. The van der Waals surface area contributed by atoms with Crippen molar-refractivity contribution in [3.8, 4) is 0 Å². The van der Waals surface area contributed by atoms with Gasteiger partial charge in [-0.15, -0.1) is 0 Å². The molecule has 6 heteroatoms. The number of aryl methyl sites for hydroxylation is 2. The summed E-state index contributed by atoms with van der Waals surface area (Å²) in [5, 5.41) is 5.09. The van der Waals surface area contributed by atoms with E-state index in [1.54, 1.807) is 6.07 Å². The van der Waals surface area contributed by atoms with Crippen molar-refractivity contribution in [2.75, 3.05) is 5.32 Å². The van der Waals surface area contributed by atoms with Crippen LogP contribution in [-0.2, 0) is 4.79 Å². The summed E-state index contributed by atoms with van der Waals surface area (Å²) in [6, 6.07) is 3.05. The quantitative estimate of drug-likeness (QED) is 0.880. The number of carbonyl (C=O) groups excluding carboxylic acids is 1. The summed E-state index contributed by atoms with van der Waals surface area (Å²) in [4.78, 5) is 12.1. The molecule has 0 saturated carbocycles. The highest BCUT2D eigenvalue weighted by atomic mass is 19.4. The first-order valence-corrected chi connectivity index (χ1v) is 6.98. The molecule has 0 aromatic heterocycles. The first-order chi connectivity index (χ1) is 9.77. The van der Waals surface area contributed by atoms with Crippen molar-refractivity contribution in [3.05, 3.63) is 29.3 Å². The third-order valence-corrected chi connectivity index (χ3v) is 3.87. The van der Waals surface area contributed by atoms with Gasteiger partial charge in [0.05, 0.1) is 6.04 Å². The van der Waals surface area contributed by atoms with Crippen molar-refractivity contribution < 1.29 is 18.0 Å². The SMILES string of the molecule is Cc1ccc(NC(=O)C2CCCC(C(F)(F)F)N2)cc1C. The van der Waals surface area contributed by atoms with Gasteiger partial charge in [-0.05, 0) is 56.4 Å². The summed E-state index contributed by atoms with van der Waals surface area (Å²) < 4.78 is 38.1. The van der Waals surface area contributed by atoms with E-state index in [-0.39, 0.29) is 6.42 Å². The van der Waals surface area contributed by atoms with Crippen LogP contribution in [0.4, 0.5) is 18.9 Å². The summed E-state index contributed by atoms with van der Waals surface area (Å²) in [7, 11) is 0. The van der Waals surface area contributed by atoms with E-state index < -0.39 is 24.2 Å². The lowest BCUT2D eigenvalue weighted by atomic mass is 9.97. The van der Waals surface area contributed by atoms with Crippen LogP contribution in [0.25, 0.3) is 0 Å². The van der Waals surface area contributed by atoms with E-state index in [0.29, 0.717) is 18.5 Å². The average Bonchev–Trinajstić information content (AvgIpc) is 2.42. The van der Waals surface area contributed by atoms with Crippen LogP contribution >= 0.6 is 0 Å². The van der Waals surface area contributed by atoms with Gasteiger partial charge in [0.15, 0.2) is 0 Å². The second-order valence-corrected chi connectivity index (χ2v) is 5.53. The van der Waals surface area contributed by atoms with Gasteiger partial charge >= 0.3 is 6.18 Å². The predicted molar refractivity (Wildman–Crippen MR) is 75.2 cm³/mol. The lowest BCUT2D eigenvalue weighted by Gasteiger charge is -2.31. The molecule has 2 unspecified atom stereocenters. The van der Waals surface area contributed by atoms with Gasteiger partial charge in [0.1, 0.15) is 6.04 Å². The molecule has 0 spiro atoms. The van der Waals surface area contributed by atoms with Crippen LogP contribution < -0.4 is 10.6 Å². The lowest BCUT2D eigenvalue weighted by molar-refractivity contribution is -0.164. The van der Waals surface area contributed by atoms with Crippen molar-refractivity contribution in [1.82, 2.24) is 5.32 Å². The monoisotopic (exact) mass is 300 g/mol. The third kappa shape index (κ3) is 3.97. The zero-order valence-corrected chi connectivity index (χ0v) is 12.1. The Morgan fingerprint density at radius 2 is 1.95 bits per heavy atom. The fourth-order valence-electron chi connectivity index (χ4n) is 2.45. The molecule has 1 fully saturated rings. The maximum atomic E-state index is 12.7. The molecule has 2 rings (SSSR count). The highest BCUT2D eigenvalue weighted by Crippen LogP contribution is 2.28. The Hall–Kier alpha value is -1.56. The molecule has 0 radical (unpaired) electrons. The van der Waals surface area contributed by atoms with Crippen molar-refractivity contribution in [2.45, 2.75) is 51.4 Å². The molecule has 21 heavy (non-hydrogen) atoms. The molecule has 2 N–H and O–H groups in total. The van der Waals surface area contributed by atoms with Crippen LogP contribution in [0, 0.1) is 13.8 Å². The van der Waals surface area contributed by atoms with Crippen molar-refractivity contribution >= 4 is 11.6 Å². The van der Waals surface area contributed by atoms with Crippen LogP contribution in [0.1, 0.15) is 30.4 Å². The molecule has 116 valence electrons. The molecule has 1 aliphatic heterocycles. The Labute approximate surface area is 121 Å². The number of anilines is 1. The minimum absolute atomic E-state index is 0.0247. The first kappa shape index (κ1) is 15.8. The van der Waals surface area contributed by atoms with Crippen LogP contribution in [-0.4, -0.2) is 24.2 Å². The van der Waals surface area contributed by atoms with Gasteiger partial charge in [0, 0.05) is 5.69 Å². The fraction of sp³-hybridized carbons (Fsp3) is 0.533. The molecule has 1 aromatic rings. The summed E-state index contributed by atoms with van der Waals surface area (Å²) >= 11 is 0. The number of piperidine rings is 1. The summed E-state index contributed by atoms with van der Waals surface area (Å²) in [5.74, 6) is -0.410. The lowest BCUT2D eigenvalue weighted by Crippen LogP contribution is -2.54. The van der Waals surface area contributed by atoms with Gasteiger partial charge < -0.3 is 5.32 Å². The van der Waals surface area contributed by atoms with Crippen molar-refractivity contribution in [2.24, 2.45) is 0 Å². The number of hydrogen-bond donors (Lipinski definition) is 2. The van der Waals surface area contributed by atoms with Crippen molar-refractivity contribution in [3.63, 3.8) is 0 Å². The van der Waals surface area contributed by atoms with Gasteiger partial charge in [0.2, 0.25) is 5.91 Å². The fourth-order valence-corrected chi connectivity index (χ4v) is 2.45. The topological polar surface area (TPSA) is 41.1 Å². The highest BCUT2D eigenvalue weighted by molar-refractivity contribution is 5.95. The zero-order valence-electron chi connectivity index (χ0n) is 12.1. The van der Waals surface area contributed by atoms with Crippen LogP contribution in [0.3, 0.4) is 0 Å². The number of benzene rings is 1. The smallest absolute Gasteiger partial charge is 0.325 e. The molecule has 0 bridgehead atoms. The first-order valence-electron chi connectivity index (χ1n) is 6.98. The number of amides is 1. The molecule has 2 atom stereocenters. The van der Waals surface area contributed by atoms with Crippen LogP contribution in [0.5, 0.6) is 0 Å². The Morgan fingerprint density at radius 3 is 2.57 bits per heavy atom. The Morgan fingerprint density at radius 1 is 1.24 bits per heavy atom. The summed E-state index contributed by atoms with van der Waals surface area (Å²) in [6.45, 7) is 3.88. The minimum Gasteiger partial charge on any atom is -0.325 e. The number of hydrogen-bond acceptors (Lipinski definition) is 2. The van der Waals surface area contributed by atoms with Crippen molar-refractivity contribution in [1.29, 1.82) is 0 Å². The Kier molecular flexibility index (Phi) is 4.56. The number of nitrogens with one attached hydrogen (secondary N) is 2. The number of halogens is 3. The maximum Gasteiger partial charge on any atom is 0.403 e. The van der Waals surface area contributed by atoms with E-state index in [0.717, 1.165) is 11.1 Å². The van der Waals surface area contributed by atoms with Crippen LogP contribution in [0.2, 0.25) is 0 Å². The molecular formula is C15H19F3N2O. The van der Waals surface area contributed by atoms with Gasteiger partial charge in [-0.25, -0.2) is 0 Å². The molecule has 1 saturated heterocycles. The van der Waals surface area contributed by atoms with Gasteiger partial charge in [-0.3, -0.25) is 10.1 Å². The number of rotatable bonds is 2. The number of carbonyl (C=O) groups is 1. The second-order valence-electron chi connectivity index (χ2n) is 5.53. The predicted octanol–water partition coefficient (Wildman–Crippen LogP) is 3.31. The molecule has 1 heterocycles. The van der Waals surface area contributed by atoms with E-state index in [2.05, 4.69) is 10.6 Å². The third-order valence-electron chi connectivity index (χ3n) is 3.87. The van der Waals surface area contributed by atoms with Gasteiger partial charge in [-0.1, -0.05) is 6.07 Å². The Balaban J connectivity index is 2.01. The van der Waals surface area contributed by atoms with Gasteiger partial charge in [-0.2, -0.15) is 13.2 Å². The van der Waals surface area contributed by atoms with Gasteiger partial charge in [0.25, 0.3) is 0 Å². The van der Waals surface area contributed by atoms with E-state index in [1.165, 1.54) is 0 Å². The largest absolute Gasteiger partial charge is 0.403 e. The highest BCUT2D eigenvalue weighted by Gasteiger charge is 2.43. The minimum atomic E-state index is -4.31. The normalized spacial score (nSPS) is 22.9.